The molecule has 0 unspecified atom stereocenters. The van der Waals surface area contributed by atoms with Gasteiger partial charge in [-0.1, -0.05) is 0 Å². The molecule has 3 nitrogen and oxygen atoms in total. The van der Waals surface area contributed by atoms with Crippen LogP contribution in [0.4, 0.5) is 0 Å². The lowest BCUT2D eigenvalue weighted by atomic mass is 10.2. The average Bonchev–Trinajstić information content (AvgIpc) is 2.34. The van der Waals surface area contributed by atoms with Gasteiger partial charge < -0.3 is 10.5 Å². The van der Waals surface area contributed by atoms with Crippen LogP contribution >= 0.6 is 0 Å². The van der Waals surface area contributed by atoms with Crippen molar-refractivity contribution in [2.24, 2.45) is 5.73 Å². The largest absolute Gasteiger partial charge is 0.465 e. The number of carbonyl (C=O) groups is 1. The Morgan fingerprint density at radius 2 is 2.70 bits per heavy atom. The van der Waals surface area contributed by atoms with Gasteiger partial charge in [-0.3, -0.25) is 0 Å². The van der Waals surface area contributed by atoms with Gasteiger partial charge in [-0.2, -0.15) is 0 Å². The Morgan fingerprint density at radius 3 is 3.10 bits per heavy atom. The minimum atomic E-state index is -0.329. The van der Waals surface area contributed by atoms with Gasteiger partial charge >= 0.3 is 5.97 Å². The average molecular weight is 139 g/mol. The molecule has 0 aliphatic heterocycles. The van der Waals surface area contributed by atoms with Gasteiger partial charge in [0.2, 0.25) is 0 Å². The van der Waals surface area contributed by atoms with Gasteiger partial charge in [-0.15, -0.1) is 5.73 Å². The lowest BCUT2D eigenvalue weighted by Gasteiger charge is -1.99. The smallest absolute Gasteiger partial charge is 0.341 e. The highest BCUT2D eigenvalue weighted by Crippen LogP contribution is 2.10. The summed E-state index contributed by atoms with van der Waals surface area (Å²) in [5.74, 6) is -0.329. The van der Waals surface area contributed by atoms with Crippen LogP contribution in [0.15, 0.2) is 17.4 Å². The van der Waals surface area contributed by atoms with Gasteiger partial charge in [0.15, 0.2) is 0 Å². The number of carbonyl (C=O) groups excluding carboxylic acids is 1. The predicted molar refractivity (Wildman–Crippen MR) is 36.2 cm³/mol. The molecule has 3 heteroatoms. The molecule has 0 bridgehead atoms. The first kappa shape index (κ1) is 7.06. The lowest BCUT2D eigenvalue weighted by molar-refractivity contribution is -0.136. The lowest BCUT2D eigenvalue weighted by Crippen LogP contribution is -2.16. The molecule has 0 spiro atoms. The molecule has 0 radical (unpaired) electrons. The van der Waals surface area contributed by atoms with Crippen LogP contribution in [0.3, 0.4) is 0 Å². The Balaban J connectivity index is 2.62. The molecule has 1 aliphatic carbocycles. The van der Waals surface area contributed by atoms with E-state index in [-0.39, 0.29) is 12.0 Å². The molecule has 10 heavy (non-hydrogen) atoms. The fraction of sp³-hybridized carbons (Fsp3) is 0.429. The van der Waals surface area contributed by atoms with E-state index in [4.69, 9.17) is 5.73 Å². The Morgan fingerprint density at radius 1 is 2.00 bits per heavy atom. The molecule has 0 saturated heterocycles. The van der Waals surface area contributed by atoms with Crippen molar-refractivity contribution in [3.63, 3.8) is 0 Å². The van der Waals surface area contributed by atoms with E-state index in [2.05, 4.69) is 10.5 Å². The summed E-state index contributed by atoms with van der Waals surface area (Å²) in [6, 6.07) is -0.0610. The molecule has 0 aromatic carbocycles. The molecule has 0 saturated carbocycles. The zero-order valence-corrected chi connectivity index (χ0v) is 5.76. The zero-order valence-electron chi connectivity index (χ0n) is 5.76. The second-order valence-corrected chi connectivity index (χ2v) is 2.15. The van der Waals surface area contributed by atoms with Crippen LogP contribution in [0.25, 0.3) is 0 Å². The summed E-state index contributed by atoms with van der Waals surface area (Å²) in [6.07, 6.45) is 2.22. The Bertz CT molecular complexity index is 214. The van der Waals surface area contributed by atoms with Gasteiger partial charge in [-0.25, -0.2) is 4.79 Å². The third-order valence-electron chi connectivity index (χ3n) is 1.34. The van der Waals surface area contributed by atoms with Crippen LogP contribution in [-0.4, -0.2) is 19.1 Å². The van der Waals surface area contributed by atoms with Crippen LogP contribution in [0.1, 0.15) is 6.42 Å². The molecule has 1 atom stereocenters. The molecule has 0 aromatic rings. The van der Waals surface area contributed by atoms with Crippen molar-refractivity contribution in [2.75, 3.05) is 7.11 Å². The first-order valence-electron chi connectivity index (χ1n) is 3.03. The minimum absolute atomic E-state index is 0.0610. The van der Waals surface area contributed by atoms with Gasteiger partial charge in [0.1, 0.15) is 0 Å². The van der Waals surface area contributed by atoms with Crippen molar-refractivity contribution in [3.8, 4) is 0 Å². The molecule has 1 rings (SSSR count). The van der Waals surface area contributed by atoms with Crippen LogP contribution in [0.2, 0.25) is 0 Å². The number of rotatable bonds is 1. The normalized spacial score (nSPS) is 22.6. The molecule has 0 fully saturated rings. The maximum absolute atomic E-state index is 10.8. The quantitative estimate of drug-likeness (QED) is 0.410. The Kier molecular flexibility index (Phi) is 1.90. The monoisotopic (exact) mass is 139 g/mol. The summed E-state index contributed by atoms with van der Waals surface area (Å²) in [5.41, 5.74) is 8.76. The van der Waals surface area contributed by atoms with E-state index in [1.54, 1.807) is 6.08 Å². The van der Waals surface area contributed by atoms with Crippen molar-refractivity contribution in [1.82, 2.24) is 0 Å². The van der Waals surface area contributed by atoms with Crippen LogP contribution in [0.5, 0.6) is 0 Å². The van der Waals surface area contributed by atoms with Gasteiger partial charge in [0.25, 0.3) is 0 Å². The highest BCUT2D eigenvalue weighted by Gasteiger charge is 2.15. The second-order valence-electron chi connectivity index (χ2n) is 2.15. The Hall–Kier alpha value is -1.05. The zero-order chi connectivity index (χ0) is 7.56. The topological polar surface area (TPSA) is 52.3 Å². The number of methoxy groups -OCH3 is 1. The summed E-state index contributed by atoms with van der Waals surface area (Å²) in [7, 11) is 1.35. The van der Waals surface area contributed by atoms with E-state index in [0.29, 0.717) is 12.0 Å². The third-order valence-corrected chi connectivity index (χ3v) is 1.34. The summed E-state index contributed by atoms with van der Waals surface area (Å²) in [6.45, 7) is 0. The molecular formula is C7H9NO2. The van der Waals surface area contributed by atoms with Crippen molar-refractivity contribution < 1.29 is 9.53 Å². The van der Waals surface area contributed by atoms with E-state index >= 15 is 0 Å². The molecule has 2 N–H and O–H groups in total. The molecular weight excluding hydrogens is 130 g/mol. The standard InChI is InChI=1S/C7H9NO2/c1-10-7(9)5-2-3-6(8)4-5/h3,6H,4,8H2,1H3/t6-/m1/s1. The molecule has 0 heterocycles. The highest BCUT2D eigenvalue weighted by molar-refractivity contribution is 5.88. The maximum Gasteiger partial charge on any atom is 0.341 e. The fourth-order valence-corrected chi connectivity index (χ4v) is 0.827. The number of ether oxygens (including phenoxy) is 1. The minimum Gasteiger partial charge on any atom is -0.465 e. The van der Waals surface area contributed by atoms with Crippen molar-refractivity contribution >= 4 is 5.97 Å². The number of esters is 1. The first-order valence-corrected chi connectivity index (χ1v) is 3.03. The van der Waals surface area contributed by atoms with Crippen LogP contribution < -0.4 is 5.73 Å². The predicted octanol–water partition coefficient (Wildman–Crippen LogP) is -0.0281. The van der Waals surface area contributed by atoms with Crippen molar-refractivity contribution in [1.29, 1.82) is 0 Å². The van der Waals surface area contributed by atoms with Crippen LogP contribution in [-0.2, 0) is 9.53 Å². The third kappa shape index (κ3) is 1.26. The summed E-state index contributed by atoms with van der Waals surface area (Å²) in [4.78, 5) is 10.8. The number of hydrogen-bond acceptors (Lipinski definition) is 3. The van der Waals surface area contributed by atoms with E-state index in [1.165, 1.54) is 7.11 Å². The number of hydrogen-bond donors (Lipinski definition) is 1. The molecule has 1 aliphatic rings. The van der Waals surface area contributed by atoms with Crippen molar-refractivity contribution in [3.05, 3.63) is 17.4 Å². The maximum atomic E-state index is 10.8. The van der Waals surface area contributed by atoms with E-state index in [9.17, 15) is 4.79 Å². The fourth-order valence-electron chi connectivity index (χ4n) is 0.827. The number of nitrogens with two attached hydrogens (primary N) is 1. The summed E-state index contributed by atoms with van der Waals surface area (Å²) < 4.78 is 4.47. The SMILES string of the molecule is COC(=O)C1=C=C[C@@H](N)C1. The van der Waals surface area contributed by atoms with E-state index < -0.39 is 0 Å². The Labute approximate surface area is 59.2 Å². The molecule has 0 aromatic heterocycles. The van der Waals surface area contributed by atoms with Crippen LogP contribution in [0, 0.1) is 0 Å². The highest BCUT2D eigenvalue weighted by atomic mass is 16.5. The van der Waals surface area contributed by atoms with Gasteiger partial charge in [0, 0.05) is 12.5 Å². The summed E-state index contributed by atoms with van der Waals surface area (Å²) >= 11 is 0. The van der Waals surface area contributed by atoms with E-state index in [0.717, 1.165) is 0 Å². The molecule has 54 valence electrons. The van der Waals surface area contributed by atoms with Crippen molar-refractivity contribution in [2.45, 2.75) is 12.5 Å². The second kappa shape index (κ2) is 2.69. The first-order chi connectivity index (χ1) is 4.74. The molecule has 0 amide bonds. The van der Waals surface area contributed by atoms with Gasteiger partial charge in [-0.05, 0) is 6.08 Å². The van der Waals surface area contributed by atoms with E-state index in [1.807, 2.05) is 0 Å². The summed E-state index contributed by atoms with van der Waals surface area (Å²) in [5, 5.41) is 0. The van der Waals surface area contributed by atoms with Gasteiger partial charge in [0.05, 0.1) is 12.7 Å².